The molecule has 0 aromatic carbocycles. The van der Waals surface area contributed by atoms with E-state index in [0.29, 0.717) is 12.8 Å². The summed E-state index contributed by atoms with van der Waals surface area (Å²) >= 11 is 0. The largest absolute Gasteiger partial charge is 0.459 e. The molecule has 0 aromatic heterocycles. The van der Waals surface area contributed by atoms with Crippen LogP contribution in [-0.2, 0) is 4.74 Å². The van der Waals surface area contributed by atoms with Crippen molar-refractivity contribution in [3.05, 3.63) is 11.1 Å². The second-order valence-corrected chi connectivity index (χ2v) is 3.30. The molecule has 0 amide bonds. The summed E-state index contributed by atoms with van der Waals surface area (Å²) in [4.78, 5) is 6.05. The van der Waals surface area contributed by atoms with E-state index in [1.165, 1.54) is 0 Å². The number of unbranched alkanes of at least 4 members (excludes halogenated alkanes) is 2. The molecule has 0 fully saturated rings. The molecular formula is C10H18N4O. The second kappa shape index (κ2) is 9.13. The molecule has 0 radical (unpaired) electrons. The monoisotopic (exact) mass is 210 g/mol. The second-order valence-electron chi connectivity index (χ2n) is 3.30. The van der Waals surface area contributed by atoms with Gasteiger partial charge in [0.25, 0.3) is 0 Å². The lowest BCUT2D eigenvalue weighted by Gasteiger charge is -1.95. The first kappa shape index (κ1) is 13.6. The van der Waals surface area contributed by atoms with E-state index in [1.54, 1.807) is 0 Å². The Balaban J connectivity index is 4.15. The fraction of sp³-hybridized carbons (Fsp3) is 0.800. The van der Waals surface area contributed by atoms with E-state index in [1.807, 2.05) is 13.8 Å². The van der Waals surface area contributed by atoms with Crippen LogP contribution in [0, 0.1) is 0 Å². The molecule has 0 aliphatic heterocycles. The van der Waals surface area contributed by atoms with Crippen LogP contribution in [0.5, 0.6) is 0 Å². The Morgan fingerprint density at radius 1 is 0.933 bits per heavy atom. The maximum absolute atomic E-state index is 8.65. The maximum Gasteiger partial charge on any atom is 0.459 e. The van der Waals surface area contributed by atoms with Gasteiger partial charge in [0.2, 0.25) is 0 Å². The summed E-state index contributed by atoms with van der Waals surface area (Å²) in [5.41, 5.74) is 17.3. The Kier molecular flexibility index (Phi) is 8.25. The Hall–Kier alpha value is -1.44. The minimum absolute atomic E-state index is 0.209. The SMILES string of the molecule is CCCCC(=[N+]=[N-])OC(CCCC)=[N+]=[N-]. The summed E-state index contributed by atoms with van der Waals surface area (Å²) in [6.45, 7) is 4.07. The molecular weight excluding hydrogens is 192 g/mol. The predicted octanol–water partition coefficient (Wildman–Crippen LogP) is 2.64. The van der Waals surface area contributed by atoms with Gasteiger partial charge in [-0.15, -0.1) is 9.58 Å². The van der Waals surface area contributed by atoms with Crippen LogP contribution >= 0.6 is 0 Å². The van der Waals surface area contributed by atoms with E-state index in [0.717, 1.165) is 25.7 Å². The van der Waals surface area contributed by atoms with Crippen molar-refractivity contribution in [1.82, 2.24) is 0 Å². The Morgan fingerprint density at radius 3 is 1.60 bits per heavy atom. The minimum atomic E-state index is 0.209. The van der Waals surface area contributed by atoms with Gasteiger partial charge >= 0.3 is 11.8 Å². The van der Waals surface area contributed by atoms with Gasteiger partial charge < -0.3 is 15.8 Å². The van der Waals surface area contributed by atoms with Crippen LogP contribution in [0.25, 0.3) is 11.1 Å². The summed E-state index contributed by atoms with van der Waals surface area (Å²) in [6.07, 6.45) is 4.85. The number of rotatable bonds is 6. The van der Waals surface area contributed by atoms with Gasteiger partial charge in [-0.25, -0.2) is 0 Å². The van der Waals surface area contributed by atoms with Gasteiger partial charge in [-0.3, -0.25) is 0 Å². The van der Waals surface area contributed by atoms with Gasteiger partial charge in [-0.05, 0) is 12.8 Å². The highest BCUT2D eigenvalue weighted by Crippen LogP contribution is 2.01. The normalized spacial score (nSPS) is 8.93. The number of ether oxygens (including phenoxy) is 1. The first-order valence-corrected chi connectivity index (χ1v) is 5.38. The zero-order valence-corrected chi connectivity index (χ0v) is 9.44. The zero-order valence-electron chi connectivity index (χ0n) is 9.44. The highest BCUT2D eigenvalue weighted by Gasteiger charge is 2.18. The van der Waals surface area contributed by atoms with E-state index in [4.69, 9.17) is 15.8 Å². The van der Waals surface area contributed by atoms with Crippen molar-refractivity contribution in [2.45, 2.75) is 52.4 Å². The molecule has 0 aliphatic rings. The third-order valence-corrected chi connectivity index (χ3v) is 1.95. The molecule has 0 saturated heterocycles. The van der Waals surface area contributed by atoms with Gasteiger partial charge in [0.1, 0.15) is 0 Å². The lowest BCUT2D eigenvalue weighted by Crippen LogP contribution is -2.14. The van der Waals surface area contributed by atoms with Crippen molar-refractivity contribution >= 4 is 11.8 Å². The molecule has 0 rings (SSSR count). The van der Waals surface area contributed by atoms with Gasteiger partial charge in [0.05, 0.1) is 12.8 Å². The first-order valence-electron chi connectivity index (χ1n) is 5.38. The Bertz CT molecular complexity index is 247. The fourth-order valence-corrected chi connectivity index (χ4v) is 1.03. The smallest absolute Gasteiger partial charge is 0.357 e. The summed E-state index contributed by atoms with van der Waals surface area (Å²) in [6, 6.07) is 0. The molecule has 0 aliphatic carbocycles. The van der Waals surface area contributed by atoms with Crippen LogP contribution in [-0.4, -0.2) is 21.4 Å². The lowest BCUT2D eigenvalue weighted by atomic mass is 10.2. The van der Waals surface area contributed by atoms with Crippen LogP contribution < -0.4 is 0 Å². The van der Waals surface area contributed by atoms with E-state index in [9.17, 15) is 0 Å². The van der Waals surface area contributed by atoms with Gasteiger partial charge in [-0.2, -0.15) is 0 Å². The molecule has 15 heavy (non-hydrogen) atoms. The zero-order chi connectivity index (χ0) is 11.5. The lowest BCUT2D eigenvalue weighted by molar-refractivity contribution is -0.0604. The minimum Gasteiger partial charge on any atom is -0.357 e. The molecule has 0 bridgehead atoms. The molecule has 0 heterocycles. The van der Waals surface area contributed by atoms with Gasteiger partial charge in [-0.1, -0.05) is 26.7 Å². The van der Waals surface area contributed by atoms with E-state index in [2.05, 4.69) is 9.58 Å². The average molecular weight is 210 g/mol. The summed E-state index contributed by atoms with van der Waals surface area (Å²) < 4.78 is 5.15. The summed E-state index contributed by atoms with van der Waals surface area (Å²) in [5.74, 6) is 0.418. The van der Waals surface area contributed by atoms with Crippen molar-refractivity contribution in [3.63, 3.8) is 0 Å². The number of hydrogen-bond acceptors (Lipinski definition) is 1. The molecule has 0 atom stereocenters. The number of nitrogens with zero attached hydrogens (tertiary/aromatic N) is 4. The Morgan fingerprint density at radius 2 is 1.33 bits per heavy atom. The highest BCUT2D eigenvalue weighted by molar-refractivity contribution is 5.85. The Labute approximate surface area is 90.3 Å². The summed E-state index contributed by atoms with van der Waals surface area (Å²) in [5, 5.41) is 0. The average Bonchev–Trinajstić information content (AvgIpc) is 2.28. The van der Waals surface area contributed by atoms with Crippen LogP contribution in [0.1, 0.15) is 52.4 Å². The topological polar surface area (TPSA) is 82.0 Å². The third kappa shape index (κ3) is 6.61. The molecule has 0 N–H and O–H groups in total. The molecule has 0 unspecified atom stereocenters. The predicted molar refractivity (Wildman–Crippen MR) is 57.4 cm³/mol. The third-order valence-electron chi connectivity index (χ3n) is 1.95. The van der Waals surface area contributed by atoms with Crippen molar-refractivity contribution in [1.29, 1.82) is 0 Å². The molecule has 5 nitrogen and oxygen atoms in total. The molecule has 5 heteroatoms. The van der Waals surface area contributed by atoms with E-state index >= 15 is 0 Å². The van der Waals surface area contributed by atoms with Crippen LogP contribution in [0.4, 0.5) is 0 Å². The quantitative estimate of drug-likeness (QED) is 0.287. The number of hydrogen-bond donors (Lipinski definition) is 0. The van der Waals surface area contributed by atoms with Crippen LogP contribution in [0.2, 0.25) is 0 Å². The fourth-order valence-electron chi connectivity index (χ4n) is 1.03. The van der Waals surface area contributed by atoms with Crippen LogP contribution in [0.15, 0.2) is 0 Å². The van der Waals surface area contributed by atoms with Crippen molar-refractivity contribution in [2.24, 2.45) is 0 Å². The highest BCUT2D eigenvalue weighted by atomic mass is 16.5. The molecule has 0 saturated carbocycles. The van der Waals surface area contributed by atoms with E-state index < -0.39 is 0 Å². The molecule has 84 valence electrons. The maximum atomic E-state index is 8.65. The van der Waals surface area contributed by atoms with Gasteiger partial charge in [0.15, 0.2) is 0 Å². The van der Waals surface area contributed by atoms with Crippen molar-refractivity contribution in [3.8, 4) is 0 Å². The standard InChI is InChI=1S/C10H18N4O/c1-3-5-7-9(13-11)15-10(14-12)8-6-4-2/h3-8H2,1-2H3. The van der Waals surface area contributed by atoms with Crippen molar-refractivity contribution in [2.75, 3.05) is 0 Å². The molecule has 0 spiro atoms. The first-order chi connectivity index (χ1) is 7.28. The van der Waals surface area contributed by atoms with Crippen molar-refractivity contribution < 1.29 is 14.3 Å². The summed E-state index contributed by atoms with van der Waals surface area (Å²) in [7, 11) is 0. The van der Waals surface area contributed by atoms with Crippen LogP contribution in [0.3, 0.4) is 0 Å². The van der Waals surface area contributed by atoms with Gasteiger partial charge in [0, 0.05) is 0 Å². The van der Waals surface area contributed by atoms with E-state index in [-0.39, 0.29) is 11.8 Å². The molecule has 0 aromatic rings.